The molecule has 0 saturated heterocycles. The molecular weight excluding hydrogens is 334 g/mol. The zero-order valence-corrected chi connectivity index (χ0v) is 14.7. The topological polar surface area (TPSA) is 93.8 Å². The van der Waals surface area contributed by atoms with Gasteiger partial charge in [-0.2, -0.15) is 5.10 Å². The number of nitro benzene ring substituents is 1. The van der Waals surface area contributed by atoms with Crippen LogP contribution in [-0.2, 0) is 11.2 Å². The summed E-state index contributed by atoms with van der Waals surface area (Å²) in [6.07, 6.45) is 2.46. The first kappa shape index (κ1) is 19.1. The number of carbonyl (C=O) groups excluding carboxylic acids is 1. The Labute approximate surface area is 151 Å². The van der Waals surface area contributed by atoms with Gasteiger partial charge in [0.15, 0.2) is 0 Å². The van der Waals surface area contributed by atoms with Crippen LogP contribution in [0.4, 0.5) is 5.69 Å². The van der Waals surface area contributed by atoms with Crippen LogP contribution in [0.3, 0.4) is 0 Å². The molecule has 2 aromatic carbocycles. The molecule has 1 amide bonds. The van der Waals surface area contributed by atoms with Gasteiger partial charge in [-0.05, 0) is 43.2 Å². The van der Waals surface area contributed by atoms with E-state index in [0.29, 0.717) is 5.56 Å². The van der Waals surface area contributed by atoms with Gasteiger partial charge in [-0.25, -0.2) is 5.43 Å². The Balaban J connectivity index is 1.90. The molecule has 2 aromatic rings. The molecule has 0 saturated carbocycles. The molecule has 0 aliphatic heterocycles. The summed E-state index contributed by atoms with van der Waals surface area (Å²) in [7, 11) is 0. The lowest BCUT2D eigenvalue weighted by atomic mass is 10.1. The molecule has 0 aromatic heterocycles. The summed E-state index contributed by atoms with van der Waals surface area (Å²) in [5, 5.41) is 14.8. The number of hydrazone groups is 1. The second-order valence-corrected chi connectivity index (χ2v) is 5.76. The second kappa shape index (κ2) is 9.31. The number of hydrogen-bond donors (Lipinski definition) is 1. The molecule has 0 aliphatic rings. The van der Waals surface area contributed by atoms with Crippen LogP contribution < -0.4 is 10.2 Å². The lowest BCUT2D eigenvalue weighted by Gasteiger charge is -2.12. The number of amides is 1. The number of ether oxygens (including phenoxy) is 1. The molecule has 0 heterocycles. The normalized spacial score (nSPS) is 11.9. The van der Waals surface area contributed by atoms with E-state index in [1.54, 1.807) is 18.2 Å². The van der Waals surface area contributed by atoms with E-state index in [0.717, 1.165) is 17.7 Å². The molecule has 1 atom stereocenters. The quantitative estimate of drug-likeness (QED) is 0.446. The van der Waals surface area contributed by atoms with Crippen molar-refractivity contribution < 1.29 is 14.5 Å². The molecule has 0 bridgehead atoms. The van der Waals surface area contributed by atoms with Gasteiger partial charge in [-0.3, -0.25) is 14.9 Å². The maximum absolute atomic E-state index is 11.9. The summed E-state index contributed by atoms with van der Waals surface area (Å²) in [5.41, 5.74) is 3.44. The molecule has 7 nitrogen and oxygen atoms in total. The van der Waals surface area contributed by atoms with Crippen molar-refractivity contribution in [2.75, 3.05) is 0 Å². The minimum atomic E-state index is -0.505. The summed E-state index contributed by atoms with van der Waals surface area (Å²) in [6, 6.07) is 13.5. The molecule has 0 spiro atoms. The summed E-state index contributed by atoms with van der Waals surface area (Å²) in [6.45, 7) is 4.06. The average molecular weight is 355 g/mol. The number of nitrogens with one attached hydrogen (secondary N) is 1. The third-order valence-electron chi connectivity index (χ3n) is 3.73. The van der Waals surface area contributed by atoms with Crippen LogP contribution in [0.15, 0.2) is 53.6 Å². The van der Waals surface area contributed by atoms with Crippen LogP contribution in [0.25, 0.3) is 0 Å². The zero-order valence-electron chi connectivity index (χ0n) is 14.7. The Bertz CT molecular complexity index is 788. The van der Waals surface area contributed by atoms with Gasteiger partial charge in [0.05, 0.1) is 23.7 Å². The van der Waals surface area contributed by atoms with Crippen molar-refractivity contribution in [3.8, 4) is 5.75 Å². The number of nitro groups is 1. The van der Waals surface area contributed by atoms with E-state index in [1.165, 1.54) is 12.3 Å². The number of carbonyl (C=O) groups is 1. The maximum atomic E-state index is 11.9. The number of nitrogens with zero attached hydrogens (tertiary/aromatic N) is 2. The van der Waals surface area contributed by atoms with E-state index in [-0.39, 0.29) is 18.2 Å². The largest absolute Gasteiger partial charge is 0.491 e. The van der Waals surface area contributed by atoms with Gasteiger partial charge in [0.1, 0.15) is 5.75 Å². The lowest BCUT2D eigenvalue weighted by Crippen LogP contribution is -2.20. The average Bonchev–Trinajstić information content (AvgIpc) is 2.63. The van der Waals surface area contributed by atoms with E-state index in [9.17, 15) is 14.9 Å². The standard InChI is InChI=1S/C19H21N3O4/c1-3-14(2)26-17-10-8-15(9-11-17)13-20-21-19(23)12-16-6-4-5-7-18(16)22(24)25/h4-11,13-14H,3,12H2,1-2H3,(H,21,23)/b20-13+/t14-/m1/s1. The van der Waals surface area contributed by atoms with Crippen molar-refractivity contribution in [2.45, 2.75) is 32.8 Å². The first-order valence-electron chi connectivity index (χ1n) is 8.30. The minimum absolute atomic E-state index is 0.0801. The molecule has 26 heavy (non-hydrogen) atoms. The number of rotatable bonds is 8. The van der Waals surface area contributed by atoms with E-state index in [2.05, 4.69) is 17.5 Å². The Kier molecular flexibility index (Phi) is 6.84. The van der Waals surface area contributed by atoms with Crippen molar-refractivity contribution in [1.29, 1.82) is 0 Å². The minimum Gasteiger partial charge on any atom is -0.491 e. The van der Waals surface area contributed by atoms with Crippen molar-refractivity contribution in [3.63, 3.8) is 0 Å². The third-order valence-corrected chi connectivity index (χ3v) is 3.73. The van der Waals surface area contributed by atoms with Gasteiger partial charge in [-0.15, -0.1) is 0 Å². The molecule has 1 N–H and O–H groups in total. The van der Waals surface area contributed by atoms with Crippen LogP contribution in [0, 0.1) is 10.1 Å². The highest BCUT2D eigenvalue weighted by Crippen LogP contribution is 2.18. The van der Waals surface area contributed by atoms with E-state index < -0.39 is 10.8 Å². The summed E-state index contributed by atoms with van der Waals surface area (Å²) in [5.74, 6) is 0.351. The fourth-order valence-corrected chi connectivity index (χ4v) is 2.18. The van der Waals surface area contributed by atoms with Crippen molar-refractivity contribution in [2.24, 2.45) is 5.10 Å². The Morgan fingerprint density at radius 3 is 2.62 bits per heavy atom. The van der Waals surface area contributed by atoms with Gasteiger partial charge in [0, 0.05) is 11.6 Å². The highest BCUT2D eigenvalue weighted by Gasteiger charge is 2.14. The Morgan fingerprint density at radius 1 is 1.27 bits per heavy atom. The smallest absolute Gasteiger partial charge is 0.273 e. The van der Waals surface area contributed by atoms with Gasteiger partial charge < -0.3 is 4.74 Å². The first-order valence-corrected chi connectivity index (χ1v) is 8.30. The van der Waals surface area contributed by atoms with Gasteiger partial charge in [0.2, 0.25) is 5.91 Å². The first-order chi connectivity index (χ1) is 12.5. The molecule has 0 aliphatic carbocycles. The Hall–Kier alpha value is -3.22. The number of benzene rings is 2. The van der Waals surface area contributed by atoms with E-state index in [4.69, 9.17) is 4.74 Å². The molecule has 0 fully saturated rings. The van der Waals surface area contributed by atoms with Crippen molar-refractivity contribution >= 4 is 17.8 Å². The predicted molar refractivity (Wildman–Crippen MR) is 99.4 cm³/mol. The molecule has 136 valence electrons. The second-order valence-electron chi connectivity index (χ2n) is 5.76. The van der Waals surface area contributed by atoms with E-state index in [1.807, 2.05) is 31.2 Å². The molecular formula is C19H21N3O4. The SMILES string of the molecule is CC[C@@H](C)Oc1ccc(/C=N/NC(=O)Cc2ccccc2[N+](=O)[O-])cc1. The van der Waals surface area contributed by atoms with Crippen LogP contribution in [0.5, 0.6) is 5.75 Å². The highest BCUT2D eigenvalue weighted by molar-refractivity contribution is 5.83. The van der Waals surface area contributed by atoms with Crippen LogP contribution in [-0.4, -0.2) is 23.1 Å². The summed E-state index contributed by atoms with van der Waals surface area (Å²) < 4.78 is 5.69. The van der Waals surface area contributed by atoms with Crippen LogP contribution in [0.1, 0.15) is 31.4 Å². The highest BCUT2D eigenvalue weighted by atomic mass is 16.6. The fraction of sp³-hybridized carbons (Fsp3) is 0.263. The third kappa shape index (κ3) is 5.70. The summed E-state index contributed by atoms with van der Waals surface area (Å²) in [4.78, 5) is 22.4. The maximum Gasteiger partial charge on any atom is 0.273 e. The molecule has 0 radical (unpaired) electrons. The molecule has 2 rings (SSSR count). The van der Waals surface area contributed by atoms with Crippen LogP contribution >= 0.6 is 0 Å². The monoisotopic (exact) mass is 355 g/mol. The zero-order chi connectivity index (χ0) is 18.9. The van der Waals surface area contributed by atoms with Crippen LogP contribution in [0.2, 0.25) is 0 Å². The van der Waals surface area contributed by atoms with Gasteiger partial charge in [-0.1, -0.05) is 25.1 Å². The molecule has 7 heteroatoms. The lowest BCUT2D eigenvalue weighted by molar-refractivity contribution is -0.385. The van der Waals surface area contributed by atoms with Crippen molar-refractivity contribution in [3.05, 3.63) is 69.8 Å². The van der Waals surface area contributed by atoms with Gasteiger partial charge >= 0.3 is 0 Å². The van der Waals surface area contributed by atoms with E-state index >= 15 is 0 Å². The number of hydrogen-bond acceptors (Lipinski definition) is 5. The fourth-order valence-electron chi connectivity index (χ4n) is 2.18. The van der Waals surface area contributed by atoms with Crippen molar-refractivity contribution in [1.82, 2.24) is 5.43 Å². The Morgan fingerprint density at radius 2 is 1.96 bits per heavy atom. The van der Waals surface area contributed by atoms with Gasteiger partial charge in [0.25, 0.3) is 5.69 Å². The number of para-hydroxylation sites is 1. The predicted octanol–water partition coefficient (Wildman–Crippen LogP) is 3.46. The molecule has 0 unspecified atom stereocenters. The summed E-state index contributed by atoms with van der Waals surface area (Å²) >= 11 is 0.